The summed E-state index contributed by atoms with van der Waals surface area (Å²) in [4.78, 5) is 17.4. The summed E-state index contributed by atoms with van der Waals surface area (Å²) < 4.78 is 11.9. The molecule has 0 N–H and O–H groups in total. The molecule has 1 aliphatic rings. The van der Waals surface area contributed by atoms with Crippen LogP contribution in [0.15, 0.2) is 22.1 Å². The van der Waals surface area contributed by atoms with E-state index < -0.39 is 0 Å². The van der Waals surface area contributed by atoms with Crippen LogP contribution in [0, 0.1) is 6.92 Å². The summed E-state index contributed by atoms with van der Waals surface area (Å²) in [5, 5.41) is 0. The number of benzene rings is 1. The molecule has 6 heteroatoms. The lowest BCUT2D eigenvalue weighted by Gasteiger charge is -2.12. The molecule has 0 saturated carbocycles. The van der Waals surface area contributed by atoms with E-state index in [9.17, 15) is 4.79 Å². The predicted octanol–water partition coefficient (Wildman–Crippen LogP) is 4.82. The molecule has 25 heavy (non-hydrogen) atoms. The number of hydrogen-bond acceptors (Lipinski definition) is 5. The van der Waals surface area contributed by atoms with E-state index in [4.69, 9.17) is 9.47 Å². The average Bonchev–Trinajstić information content (AvgIpc) is 3.10. The Balaban J connectivity index is 1.57. The van der Waals surface area contributed by atoms with Crippen LogP contribution in [-0.4, -0.2) is 24.2 Å². The second kappa shape index (κ2) is 8.32. The third-order valence-electron chi connectivity index (χ3n) is 4.51. The number of aryl methyl sites for hydroxylation is 2. The van der Waals surface area contributed by atoms with Gasteiger partial charge in [0.15, 0.2) is 3.92 Å². The minimum Gasteiger partial charge on any atom is -0.493 e. The first-order chi connectivity index (χ1) is 12.1. The first-order valence-corrected chi connectivity index (χ1v) is 10.2. The molecule has 1 aromatic carbocycles. The van der Waals surface area contributed by atoms with Gasteiger partial charge in [0.25, 0.3) is 0 Å². The largest absolute Gasteiger partial charge is 0.493 e. The minimum atomic E-state index is -0.106. The summed E-state index contributed by atoms with van der Waals surface area (Å²) in [5.74, 6) is 1.06. The SMILES string of the molecule is CCOC(=O)CC1CCc2cc(OCCc3nc(Br)sc3C)ccc21. The van der Waals surface area contributed by atoms with Gasteiger partial charge in [-0.15, -0.1) is 11.3 Å². The number of ether oxygens (including phenoxy) is 2. The molecule has 0 amide bonds. The van der Waals surface area contributed by atoms with Gasteiger partial charge in [-0.3, -0.25) is 4.79 Å². The Bertz CT molecular complexity index is 759. The number of carbonyl (C=O) groups is 1. The van der Waals surface area contributed by atoms with Gasteiger partial charge in [0.1, 0.15) is 5.75 Å². The quantitative estimate of drug-likeness (QED) is 0.598. The Labute approximate surface area is 160 Å². The van der Waals surface area contributed by atoms with E-state index in [2.05, 4.69) is 40.0 Å². The van der Waals surface area contributed by atoms with Gasteiger partial charge >= 0.3 is 5.97 Å². The topological polar surface area (TPSA) is 48.4 Å². The fourth-order valence-electron chi connectivity index (χ4n) is 3.30. The fraction of sp³-hybridized carbons (Fsp3) is 0.474. The third kappa shape index (κ3) is 4.61. The monoisotopic (exact) mass is 423 g/mol. The first kappa shape index (κ1) is 18.4. The molecule has 2 aromatic rings. The Kier molecular flexibility index (Phi) is 6.12. The van der Waals surface area contributed by atoms with E-state index in [1.807, 2.05) is 13.0 Å². The number of thiazole rings is 1. The second-order valence-corrected chi connectivity index (χ2v) is 8.65. The van der Waals surface area contributed by atoms with Crippen molar-refractivity contribution in [3.8, 4) is 5.75 Å². The Morgan fingerprint density at radius 1 is 1.44 bits per heavy atom. The van der Waals surface area contributed by atoms with E-state index >= 15 is 0 Å². The second-order valence-electron chi connectivity index (χ2n) is 6.17. The molecule has 1 unspecified atom stereocenters. The molecule has 0 bridgehead atoms. The molecule has 1 heterocycles. The van der Waals surface area contributed by atoms with E-state index in [0.717, 1.165) is 34.6 Å². The summed E-state index contributed by atoms with van der Waals surface area (Å²) in [6, 6.07) is 6.22. The number of aromatic nitrogens is 1. The van der Waals surface area contributed by atoms with Gasteiger partial charge in [0.2, 0.25) is 0 Å². The summed E-state index contributed by atoms with van der Waals surface area (Å²) in [7, 11) is 0. The van der Waals surface area contributed by atoms with Crippen molar-refractivity contribution >= 4 is 33.2 Å². The van der Waals surface area contributed by atoms with Gasteiger partial charge in [-0.05, 0) is 71.8 Å². The maximum Gasteiger partial charge on any atom is 0.306 e. The molecule has 0 fully saturated rings. The molecule has 3 rings (SSSR count). The third-order valence-corrected chi connectivity index (χ3v) is 5.97. The highest BCUT2D eigenvalue weighted by Crippen LogP contribution is 2.37. The summed E-state index contributed by atoms with van der Waals surface area (Å²) >= 11 is 5.07. The molecule has 0 saturated heterocycles. The fourth-order valence-corrected chi connectivity index (χ4v) is 4.91. The number of halogens is 1. The van der Waals surface area contributed by atoms with Crippen LogP contribution >= 0.6 is 27.3 Å². The molecule has 0 spiro atoms. The number of rotatable bonds is 7. The lowest BCUT2D eigenvalue weighted by molar-refractivity contribution is -0.143. The van der Waals surface area contributed by atoms with Gasteiger partial charge in [-0.2, -0.15) is 0 Å². The van der Waals surface area contributed by atoms with Gasteiger partial charge in [0, 0.05) is 11.3 Å². The zero-order chi connectivity index (χ0) is 17.8. The maximum atomic E-state index is 11.7. The maximum absolute atomic E-state index is 11.7. The minimum absolute atomic E-state index is 0.106. The number of hydrogen-bond donors (Lipinski definition) is 0. The van der Waals surface area contributed by atoms with E-state index in [1.54, 1.807) is 11.3 Å². The zero-order valence-electron chi connectivity index (χ0n) is 14.5. The average molecular weight is 424 g/mol. The van der Waals surface area contributed by atoms with Crippen LogP contribution in [0.3, 0.4) is 0 Å². The molecule has 4 nitrogen and oxygen atoms in total. The van der Waals surface area contributed by atoms with E-state index in [0.29, 0.717) is 19.6 Å². The van der Waals surface area contributed by atoms with Crippen LogP contribution in [-0.2, 0) is 22.4 Å². The standard InChI is InChI=1S/C19H22BrNO3S/c1-3-23-18(22)11-14-5-4-13-10-15(6-7-16(13)14)24-9-8-17-12(2)25-19(20)21-17/h6-7,10,14H,3-5,8-9,11H2,1-2H3. The lowest BCUT2D eigenvalue weighted by atomic mass is 9.98. The molecule has 1 aliphatic carbocycles. The number of nitrogens with zero attached hydrogens (tertiary/aromatic N) is 1. The van der Waals surface area contributed by atoms with Crippen molar-refractivity contribution in [2.24, 2.45) is 0 Å². The van der Waals surface area contributed by atoms with Crippen LogP contribution in [0.5, 0.6) is 5.75 Å². The summed E-state index contributed by atoms with van der Waals surface area (Å²) in [6.07, 6.45) is 3.27. The molecule has 0 radical (unpaired) electrons. The molecular weight excluding hydrogens is 402 g/mol. The van der Waals surface area contributed by atoms with Crippen LogP contribution in [0.1, 0.15) is 47.4 Å². The number of fused-ring (bicyclic) bond motifs is 1. The zero-order valence-corrected chi connectivity index (χ0v) is 16.9. The highest BCUT2D eigenvalue weighted by molar-refractivity contribution is 9.11. The van der Waals surface area contributed by atoms with Crippen LogP contribution < -0.4 is 4.74 Å². The van der Waals surface area contributed by atoms with E-state index in [-0.39, 0.29) is 11.9 Å². The van der Waals surface area contributed by atoms with Gasteiger partial charge in [-0.1, -0.05) is 6.07 Å². The van der Waals surface area contributed by atoms with Crippen molar-refractivity contribution in [1.82, 2.24) is 4.98 Å². The molecule has 134 valence electrons. The van der Waals surface area contributed by atoms with Crippen molar-refractivity contribution < 1.29 is 14.3 Å². The number of esters is 1. The molecule has 0 aliphatic heterocycles. The Hall–Kier alpha value is -1.40. The van der Waals surface area contributed by atoms with Crippen molar-refractivity contribution in [3.05, 3.63) is 43.8 Å². The normalized spacial score (nSPS) is 15.9. The van der Waals surface area contributed by atoms with Crippen molar-refractivity contribution in [2.45, 2.75) is 45.4 Å². The van der Waals surface area contributed by atoms with Gasteiger partial charge < -0.3 is 9.47 Å². The van der Waals surface area contributed by atoms with Gasteiger partial charge in [-0.25, -0.2) is 4.98 Å². The highest BCUT2D eigenvalue weighted by atomic mass is 79.9. The Morgan fingerprint density at radius 2 is 2.28 bits per heavy atom. The van der Waals surface area contributed by atoms with E-state index in [1.165, 1.54) is 16.0 Å². The van der Waals surface area contributed by atoms with Crippen molar-refractivity contribution in [2.75, 3.05) is 13.2 Å². The summed E-state index contributed by atoms with van der Waals surface area (Å²) in [5.41, 5.74) is 3.64. The molecular formula is C19H22BrNO3S. The molecule has 1 aromatic heterocycles. The smallest absolute Gasteiger partial charge is 0.306 e. The Morgan fingerprint density at radius 3 is 3.00 bits per heavy atom. The number of carbonyl (C=O) groups excluding carboxylic acids is 1. The van der Waals surface area contributed by atoms with Crippen molar-refractivity contribution in [3.63, 3.8) is 0 Å². The predicted molar refractivity (Wildman–Crippen MR) is 103 cm³/mol. The van der Waals surface area contributed by atoms with Crippen LogP contribution in [0.4, 0.5) is 0 Å². The lowest BCUT2D eigenvalue weighted by Crippen LogP contribution is -2.08. The summed E-state index contributed by atoms with van der Waals surface area (Å²) in [6.45, 7) is 4.98. The van der Waals surface area contributed by atoms with Crippen LogP contribution in [0.25, 0.3) is 0 Å². The van der Waals surface area contributed by atoms with Crippen molar-refractivity contribution in [1.29, 1.82) is 0 Å². The molecule has 1 atom stereocenters. The first-order valence-electron chi connectivity index (χ1n) is 8.60. The van der Waals surface area contributed by atoms with Crippen LogP contribution in [0.2, 0.25) is 0 Å². The highest BCUT2D eigenvalue weighted by Gasteiger charge is 2.25. The van der Waals surface area contributed by atoms with Gasteiger partial charge in [0.05, 0.1) is 25.3 Å².